The molecule has 0 aliphatic carbocycles. The highest BCUT2D eigenvalue weighted by Crippen LogP contribution is 2.39. The first kappa shape index (κ1) is 25.3. The van der Waals surface area contributed by atoms with Crippen molar-refractivity contribution >= 4 is 35.2 Å². The van der Waals surface area contributed by atoms with E-state index in [1.54, 1.807) is 11.8 Å². The molecule has 35 heavy (non-hydrogen) atoms. The van der Waals surface area contributed by atoms with E-state index in [1.807, 2.05) is 60.4 Å². The molecule has 3 aromatic carbocycles. The van der Waals surface area contributed by atoms with Gasteiger partial charge in [-0.05, 0) is 58.9 Å². The van der Waals surface area contributed by atoms with Gasteiger partial charge in [0.1, 0.15) is 5.37 Å². The smallest absolute Gasteiger partial charge is 0.251 e. The van der Waals surface area contributed by atoms with Gasteiger partial charge in [0.15, 0.2) is 0 Å². The zero-order valence-corrected chi connectivity index (χ0v) is 22.1. The van der Waals surface area contributed by atoms with Crippen molar-refractivity contribution < 1.29 is 9.59 Å². The number of nitrogens with zero attached hydrogens (tertiary/aromatic N) is 1. The van der Waals surface area contributed by atoms with Gasteiger partial charge < -0.3 is 10.2 Å². The van der Waals surface area contributed by atoms with Crippen LogP contribution >= 0.6 is 23.4 Å². The molecule has 1 N–H and O–H groups in total. The number of carbonyl (C=O) groups is 2. The van der Waals surface area contributed by atoms with Gasteiger partial charge in [0.05, 0.1) is 11.8 Å². The first-order valence-corrected chi connectivity index (χ1v) is 13.2. The molecule has 182 valence electrons. The lowest BCUT2D eigenvalue weighted by molar-refractivity contribution is -0.128. The van der Waals surface area contributed by atoms with Gasteiger partial charge in [-0.3, -0.25) is 9.59 Å². The predicted molar refractivity (Wildman–Crippen MR) is 145 cm³/mol. The lowest BCUT2D eigenvalue weighted by Gasteiger charge is -2.24. The Morgan fingerprint density at radius 2 is 1.66 bits per heavy atom. The SMILES string of the molecule is C[C@H](NC(=O)c1ccc([C@H]2SCC(=O)N2Cc2ccc(Cl)cc2)cc1)c1ccc(C(C)(C)C)cc1. The number of halogens is 1. The number of thioether (sulfide) groups is 1. The third-order valence-corrected chi connectivity index (χ3v) is 7.82. The average molecular weight is 507 g/mol. The molecule has 0 radical (unpaired) electrons. The summed E-state index contributed by atoms with van der Waals surface area (Å²) in [6.07, 6.45) is 0. The molecule has 0 unspecified atom stereocenters. The van der Waals surface area contributed by atoms with Crippen molar-refractivity contribution in [2.75, 3.05) is 5.75 Å². The van der Waals surface area contributed by atoms with Crippen molar-refractivity contribution in [2.24, 2.45) is 0 Å². The normalized spacial score (nSPS) is 16.9. The third-order valence-electron chi connectivity index (χ3n) is 6.32. The van der Waals surface area contributed by atoms with Gasteiger partial charge in [-0.1, -0.05) is 80.9 Å². The van der Waals surface area contributed by atoms with Crippen LogP contribution in [-0.4, -0.2) is 22.5 Å². The fourth-order valence-electron chi connectivity index (χ4n) is 4.12. The number of hydrogen-bond acceptors (Lipinski definition) is 3. The Hall–Kier alpha value is -2.76. The number of carbonyl (C=O) groups excluding carboxylic acids is 2. The van der Waals surface area contributed by atoms with E-state index in [4.69, 9.17) is 11.6 Å². The zero-order valence-electron chi connectivity index (χ0n) is 20.5. The van der Waals surface area contributed by atoms with Crippen LogP contribution in [0.25, 0.3) is 0 Å². The topological polar surface area (TPSA) is 49.4 Å². The molecule has 0 spiro atoms. The minimum atomic E-state index is -0.114. The fourth-order valence-corrected chi connectivity index (χ4v) is 5.44. The maximum atomic E-state index is 12.9. The Morgan fingerprint density at radius 3 is 2.26 bits per heavy atom. The molecule has 1 aliphatic rings. The third kappa shape index (κ3) is 6.09. The summed E-state index contributed by atoms with van der Waals surface area (Å²) in [5.74, 6) is 0.451. The monoisotopic (exact) mass is 506 g/mol. The van der Waals surface area contributed by atoms with Crippen molar-refractivity contribution in [3.8, 4) is 0 Å². The van der Waals surface area contributed by atoms with Crippen molar-refractivity contribution in [2.45, 2.75) is 51.1 Å². The Kier molecular flexibility index (Phi) is 7.58. The molecule has 0 aromatic heterocycles. The van der Waals surface area contributed by atoms with Crippen molar-refractivity contribution in [1.29, 1.82) is 0 Å². The van der Waals surface area contributed by atoms with Crippen LogP contribution in [0.3, 0.4) is 0 Å². The maximum absolute atomic E-state index is 12.9. The number of rotatable bonds is 6. The summed E-state index contributed by atoms with van der Waals surface area (Å²) in [6, 6.07) is 23.5. The second-order valence-corrected chi connectivity index (χ2v) is 11.5. The van der Waals surface area contributed by atoms with Crippen LogP contribution in [0.1, 0.15) is 71.7 Å². The van der Waals surface area contributed by atoms with Crippen LogP contribution in [0.15, 0.2) is 72.8 Å². The average Bonchev–Trinajstić information content (AvgIpc) is 3.20. The molecule has 1 saturated heterocycles. The fraction of sp³-hybridized carbons (Fsp3) is 0.310. The van der Waals surface area contributed by atoms with Crippen LogP contribution < -0.4 is 5.32 Å². The molecular weight excluding hydrogens is 476 g/mol. The highest BCUT2D eigenvalue weighted by Gasteiger charge is 2.32. The van der Waals surface area contributed by atoms with E-state index in [2.05, 4.69) is 50.4 Å². The predicted octanol–water partition coefficient (Wildman–Crippen LogP) is 6.90. The molecule has 4 nitrogen and oxygen atoms in total. The largest absolute Gasteiger partial charge is 0.346 e. The van der Waals surface area contributed by atoms with E-state index in [1.165, 1.54) is 5.56 Å². The van der Waals surface area contributed by atoms with Gasteiger partial charge in [0.2, 0.25) is 5.91 Å². The Balaban J connectivity index is 1.41. The lowest BCUT2D eigenvalue weighted by Crippen LogP contribution is -2.28. The van der Waals surface area contributed by atoms with E-state index in [0.29, 0.717) is 22.9 Å². The standard InChI is InChI=1S/C29H31ClN2O2S/c1-19(21-11-13-24(14-12-21)29(2,3)4)31-27(34)22-7-9-23(10-8-22)28-32(26(33)18-35-28)17-20-5-15-25(30)16-6-20/h5-16,19,28H,17-18H2,1-4H3,(H,31,34)/t19-,28+/m0/s1. The summed E-state index contributed by atoms with van der Waals surface area (Å²) in [6.45, 7) is 9.09. The van der Waals surface area contributed by atoms with Gasteiger partial charge in [-0.25, -0.2) is 0 Å². The van der Waals surface area contributed by atoms with Crippen LogP contribution in [0.2, 0.25) is 5.02 Å². The summed E-state index contributed by atoms with van der Waals surface area (Å²) >= 11 is 7.60. The molecule has 1 fully saturated rings. The highest BCUT2D eigenvalue weighted by atomic mass is 35.5. The summed E-state index contributed by atoms with van der Waals surface area (Å²) in [5, 5.41) is 3.70. The van der Waals surface area contributed by atoms with Gasteiger partial charge in [-0.15, -0.1) is 11.8 Å². The maximum Gasteiger partial charge on any atom is 0.251 e. The number of amides is 2. The minimum Gasteiger partial charge on any atom is -0.346 e. The summed E-state index contributed by atoms with van der Waals surface area (Å²) in [5.41, 5.74) is 5.09. The van der Waals surface area contributed by atoms with E-state index in [-0.39, 0.29) is 28.6 Å². The first-order valence-electron chi connectivity index (χ1n) is 11.8. The first-order chi connectivity index (χ1) is 16.6. The Labute approximate surface area is 217 Å². The number of nitrogens with one attached hydrogen (secondary N) is 1. The van der Waals surface area contributed by atoms with Gasteiger partial charge in [0.25, 0.3) is 5.91 Å². The second-order valence-electron chi connectivity index (χ2n) is 10.0. The molecule has 2 amide bonds. The molecule has 0 saturated carbocycles. The van der Waals surface area contributed by atoms with Gasteiger partial charge >= 0.3 is 0 Å². The number of benzene rings is 3. The van der Waals surface area contributed by atoms with E-state index < -0.39 is 0 Å². The van der Waals surface area contributed by atoms with Crippen LogP contribution in [-0.2, 0) is 16.8 Å². The van der Waals surface area contributed by atoms with E-state index in [0.717, 1.165) is 16.7 Å². The number of hydrogen-bond donors (Lipinski definition) is 1. The van der Waals surface area contributed by atoms with E-state index >= 15 is 0 Å². The molecule has 6 heteroatoms. The molecular formula is C29H31ClN2O2S. The molecule has 1 heterocycles. The zero-order chi connectivity index (χ0) is 25.2. The summed E-state index contributed by atoms with van der Waals surface area (Å²) in [4.78, 5) is 27.3. The molecule has 0 bridgehead atoms. The van der Waals surface area contributed by atoms with Crippen LogP contribution in [0.5, 0.6) is 0 Å². The molecule has 4 rings (SSSR count). The van der Waals surface area contributed by atoms with E-state index in [9.17, 15) is 9.59 Å². The Morgan fingerprint density at radius 1 is 1.03 bits per heavy atom. The second kappa shape index (κ2) is 10.5. The van der Waals surface area contributed by atoms with Crippen molar-refractivity contribution in [3.63, 3.8) is 0 Å². The van der Waals surface area contributed by atoms with Crippen molar-refractivity contribution in [3.05, 3.63) is 106 Å². The summed E-state index contributed by atoms with van der Waals surface area (Å²) < 4.78 is 0. The molecule has 2 atom stereocenters. The highest BCUT2D eigenvalue weighted by molar-refractivity contribution is 8.00. The molecule has 3 aromatic rings. The quantitative estimate of drug-likeness (QED) is 0.395. The van der Waals surface area contributed by atoms with Gasteiger partial charge in [-0.2, -0.15) is 0 Å². The lowest BCUT2D eigenvalue weighted by atomic mass is 9.86. The van der Waals surface area contributed by atoms with Crippen LogP contribution in [0, 0.1) is 0 Å². The van der Waals surface area contributed by atoms with Crippen LogP contribution in [0.4, 0.5) is 0 Å². The minimum absolute atomic E-state index is 0.0736. The Bertz CT molecular complexity index is 1190. The molecule has 1 aliphatic heterocycles. The van der Waals surface area contributed by atoms with Gasteiger partial charge in [0, 0.05) is 17.1 Å². The van der Waals surface area contributed by atoms with Crippen molar-refractivity contribution in [1.82, 2.24) is 10.2 Å². The summed E-state index contributed by atoms with van der Waals surface area (Å²) in [7, 11) is 0.